The lowest BCUT2D eigenvalue weighted by Gasteiger charge is -2.39. The third-order valence-electron chi connectivity index (χ3n) is 4.61. The van der Waals surface area contributed by atoms with Crippen LogP contribution in [0, 0.1) is 0 Å². The zero-order valence-electron chi connectivity index (χ0n) is 16.7. The van der Waals surface area contributed by atoms with E-state index in [9.17, 15) is 14.0 Å². The maximum atomic E-state index is 14.6. The van der Waals surface area contributed by atoms with Gasteiger partial charge in [0.1, 0.15) is 12.0 Å². The first-order valence-electron chi connectivity index (χ1n) is 9.42. The highest BCUT2D eigenvalue weighted by Gasteiger charge is 2.35. The first-order chi connectivity index (χ1) is 14.5. The van der Waals surface area contributed by atoms with Crippen LogP contribution >= 0.6 is 0 Å². The Morgan fingerprint density at radius 1 is 1.37 bits per heavy atom. The lowest BCUT2D eigenvalue weighted by atomic mass is 10.0. The zero-order valence-corrected chi connectivity index (χ0v) is 16.7. The summed E-state index contributed by atoms with van der Waals surface area (Å²) in [7, 11) is 1.52. The minimum absolute atomic E-state index is 0.199. The van der Waals surface area contributed by atoms with Gasteiger partial charge in [0.25, 0.3) is 0 Å². The number of urea groups is 1. The molecular weight excluding hydrogens is 395 g/mol. The number of amides is 3. The number of carbonyl (C=O) groups is 2. The number of alkyl halides is 1. The largest absolute Gasteiger partial charge is 0.477 e. The normalized spacial score (nSPS) is 18.4. The van der Waals surface area contributed by atoms with E-state index >= 15 is 0 Å². The fourth-order valence-corrected chi connectivity index (χ4v) is 3.04. The number of likely N-dealkylation sites (N-methyl/N-ethyl adjacent to an activating group) is 1. The molecule has 3 rings (SSSR count). The smallest absolute Gasteiger partial charge is 0.323 e. The molecule has 2 aromatic rings. The third kappa shape index (κ3) is 5.07. The van der Waals surface area contributed by atoms with Crippen LogP contribution in [0.2, 0.25) is 0 Å². The fraction of sp³-hybridized carbons (Fsp3) is 0.444. The Kier molecular flexibility index (Phi) is 6.88. The summed E-state index contributed by atoms with van der Waals surface area (Å²) >= 11 is 0. The Bertz CT molecular complexity index is 869. The predicted molar refractivity (Wildman–Crippen MR) is 107 cm³/mol. The van der Waals surface area contributed by atoms with Crippen LogP contribution in [0.15, 0.2) is 24.7 Å². The lowest BCUT2D eigenvalue weighted by molar-refractivity contribution is -0.105. The summed E-state index contributed by atoms with van der Waals surface area (Å²) in [5.74, 6) is 1.27. The van der Waals surface area contributed by atoms with E-state index in [0.717, 1.165) is 0 Å². The van der Waals surface area contributed by atoms with Crippen LogP contribution in [0.5, 0.6) is 5.88 Å². The predicted octanol–water partition coefficient (Wildman–Crippen LogP) is 1.31. The van der Waals surface area contributed by atoms with Gasteiger partial charge in [0.15, 0.2) is 5.82 Å². The summed E-state index contributed by atoms with van der Waals surface area (Å²) in [6.07, 6.45) is 3.79. The van der Waals surface area contributed by atoms with Crippen molar-refractivity contribution in [2.75, 3.05) is 42.3 Å². The Labute approximate surface area is 172 Å². The van der Waals surface area contributed by atoms with Crippen molar-refractivity contribution in [3.05, 3.63) is 24.7 Å². The number of anilines is 3. The molecule has 0 bridgehead atoms. The van der Waals surface area contributed by atoms with Gasteiger partial charge in [-0.2, -0.15) is 4.98 Å². The Morgan fingerprint density at radius 3 is 2.90 bits per heavy atom. The molecule has 0 aliphatic carbocycles. The molecule has 1 aliphatic rings. The molecule has 2 N–H and O–H groups in total. The molecule has 2 aromatic heterocycles. The summed E-state index contributed by atoms with van der Waals surface area (Å²) in [6.45, 7) is 2.87. The Morgan fingerprint density at radius 2 is 2.20 bits per heavy atom. The van der Waals surface area contributed by atoms with Crippen molar-refractivity contribution >= 4 is 30.0 Å². The summed E-state index contributed by atoms with van der Waals surface area (Å²) in [5, 5.41) is 5.06. The molecule has 1 aliphatic heterocycles. The maximum absolute atomic E-state index is 14.6. The molecule has 3 heterocycles. The van der Waals surface area contributed by atoms with E-state index in [1.165, 1.54) is 30.5 Å². The number of rotatable bonds is 7. The lowest BCUT2D eigenvalue weighted by Crippen LogP contribution is -2.55. The molecule has 3 amide bonds. The third-order valence-corrected chi connectivity index (χ3v) is 4.61. The fourth-order valence-electron chi connectivity index (χ4n) is 3.04. The average molecular weight is 418 g/mol. The minimum Gasteiger partial charge on any atom is -0.477 e. The minimum atomic E-state index is -1.21. The van der Waals surface area contributed by atoms with Gasteiger partial charge in [-0.15, -0.1) is 0 Å². The molecule has 11 nitrogen and oxygen atoms in total. The molecular formula is C18H23FN8O3. The molecule has 0 radical (unpaired) electrons. The molecule has 2 atom stereocenters. The van der Waals surface area contributed by atoms with Crippen LogP contribution < -0.4 is 20.3 Å². The molecule has 30 heavy (non-hydrogen) atoms. The second-order valence-corrected chi connectivity index (χ2v) is 6.54. The second-order valence-electron chi connectivity index (χ2n) is 6.54. The first-order valence-corrected chi connectivity index (χ1v) is 9.42. The second kappa shape index (κ2) is 9.76. The van der Waals surface area contributed by atoms with Gasteiger partial charge in [-0.25, -0.2) is 24.1 Å². The molecule has 1 fully saturated rings. The van der Waals surface area contributed by atoms with Crippen LogP contribution in [-0.2, 0) is 4.79 Å². The van der Waals surface area contributed by atoms with Crippen molar-refractivity contribution in [2.24, 2.45) is 0 Å². The molecule has 1 saturated heterocycles. The summed E-state index contributed by atoms with van der Waals surface area (Å²) < 4.78 is 19.8. The molecule has 12 heteroatoms. The topological polar surface area (TPSA) is 125 Å². The van der Waals surface area contributed by atoms with E-state index < -0.39 is 18.2 Å². The zero-order chi connectivity index (χ0) is 21.5. The van der Waals surface area contributed by atoms with Gasteiger partial charge in [-0.1, -0.05) is 0 Å². The van der Waals surface area contributed by atoms with Gasteiger partial charge in [-0.05, 0) is 19.4 Å². The van der Waals surface area contributed by atoms with Crippen molar-refractivity contribution in [1.82, 2.24) is 24.8 Å². The number of aromatic nitrogens is 4. The van der Waals surface area contributed by atoms with E-state index in [1.54, 1.807) is 11.0 Å². The first kappa shape index (κ1) is 21.1. The van der Waals surface area contributed by atoms with E-state index in [1.807, 2.05) is 6.92 Å². The molecule has 160 valence electrons. The number of carbonyl (C=O) groups excluding carboxylic acids is 2. The highest BCUT2D eigenvalue weighted by Crippen LogP contribution is 2.23. The highest BCUT2D eigenvalue weighted by atomic mass is 19.1. The number of nitrogens with one attached hydrogen (secondary N) is 2. The van der Waals surface area contributed by atoms with E-state index in [2.05, 4.69) is 30.6 Å². The summed E-state index contributed by atoms with van der Waals surface area (Å²) in [5.41, 5.74) is 0. The van der Waals surface area contributed by atoms with Crippen molar-refractivity contribution in [2.45, 2.75) is 25.6 Å². The standard InChI is InChI=1S/C18H23FN8O3/c1-3-30-16-9-21-15(8-22-16)25-18(29)26(2)13-10-27(7-5-12(13)19)17-20-6-4-14(24-17)23-11-28/h4,6,8-9,11-13H,3,5,7,10H2,1-2H3,(H,21,25,29)(H,20,23,24,28). The maximum Gasteiger partial charge on any atom is 0.323 e. The van der Waals surface area contributed by atoms with Crippen LogP contribution in [-0.4, -0.2) is 76.2 Å². The van der Waals surface area contributed by atoms with Crippen LogP contribution in [0.4, 0.5) is 26.8 Å². The van der Waals surface area contributed by atoms with Crippen LogP contribution in [0.25, 0.3) is 0 Å². The van der Waals surface area contributed by atoms with E-state index in [4.69, 9.17) is 4.74 Å². The van der Waals surface area contributed by atoms with E-state index in [0.29, 0.717) is 37.2 Å². The molecule has 0 aromatic carbocycles. The van der Waals surface area contributed by atoms with Gasteiger partial charge < -0.3 is 19.9 Å². The number of ether oxygens (including phenoxy) is 1. The van der Waals surface area contributed by atoms with E-state index in [-0.39, 0.29) is 18.8 Å². The monoisotopic (exact) mass is 418 g/mol. The summed E-state index contributed by atoms with van der Waals surface area (Å²) in [6, 6.07) is 0.315. The Balaban J connectivity index is 1.66. The molecule has 0 spiro atoms. The van der Waals surface area contributed by atoms with Gasteiger partial charge in [-0.3, -0.25) is 10.1 Å². The molecule has 2 unspecified atom stereocenters. The van der Waals surface area contributed by atoms with Gasteiger partial charge in [0.05, 0.1) is 25.0 Å². The van der Waals surface area contributed by atoms with Gasteiger partial charge in [0, 0.05) is 26.3 Å². The van der Waals surface area contributed by atoms with Crippen LogP contribution in [0.1, 0.15) is 13.3 Å². The molecule has 0 saturated carbocycles. The van der Waals surface area contributed by atoms with Gasteiger partial charge >= 0.3 is 6.03 Å². The van der Waals surface area contributed by atoms with Crippen molar-refractivity contribution in [1.29, 1.82) is 0 Å². The number of piperidine rings is 1. The van der Waals surface area contributed by atoms with Gasteiger partial charge in [0.2, 0.25) is 18.2 Å². The average Bonchev–Trinajstić information content (AvgIpc) is 2.75. The number of hydrogen-bond donors (Lipinski definition) is 2. The number of nitrogens with zero attached hydrogens (tertiary/aromatic N) is 6. The Hall–Kier alpha value is -3.57. The van der Waals surface area contributed by atoms with Crippen molar-refractivity contribution in [3.63, 3.8) is 0 Å². The quantitative estimate of drug-likeness (QED) is 0.645. The van der Waals surface area contributed by atoms with Crippen molar-refractivity contribution in [3.8, 4) is 5.88 Å². The van der Waals surface area contributed by atoms with Crippen LogP contribution in [0.3, 0.4) is 0 Å². The highest BCUT2D eigenvalue weighted by molar-refractivity contribution is 5.88. The van der Waals surface area contributed by atoms with Crippen molar-refractivity contribution < 1.29 is 18.7 Å². The summed E-state index contributed by atoms with van der Waals surface area (Å²) in [4.78, 5) is 42.8. The SMILES string of the molecule is CCOc1cnc(NC(=O)N(C)C2CN(c3nccc(NC=O)n3)CCC2F)cn1. The number of halogens is 1. The number of hydrogen-bond acceptors (Lipinski definition) is 8.